The molecule has 0 amide bonds. The Balaban J connectivity index is 1.83. The van der Waals surface area contributed by atoms with E-state index in [1.54, 1.807) is 0 Å². The van der Waals surface area contributed by atoms with Crippen LogP contribution >= 0.6 is 0 Å². The number of rotatable bonds is 2. The van der Waals surface area contributed by atoms with E-state index in [0.29, 0.717) is 6.04 Å². The molecule has 0 saturated heterocycles. The minimum absolute atomic E-state index is 0.332. The number of benzene rings is 2. The van der Waals surface area contributed by atoms with Gasteiger partial charge < -0.3 is 9.73 Å². The maximum atomic E-state index is 6.02. The first-order valence-electron chi connectivity index (χ1n) is 6.92. The highest BCUT2D eigenvalue weighted by Crippen LogP contribution is 2.33. The lowest BCUT2D eigenvalue weighted by Gasteiger charge is -2.16. The van der Waals surface area contributed by atoms with Crippen molar-refractivity contribution in [3.63, 3.8) is 0 Å². The van der Waals surface area contributed by atoms with Crippen LogP contribution in [0.3, 0.4) is 0 Å². The van der Waals surface area contributed by atoms with Crippen LogP contribution in [0.4, 0.5) is 5.69 Å². The summed E-state index contributed by atoms with van der Waals surface area (Å²) in [5, 5.41) is 5.89. The number of para-hydroxylation sites is 2. The van der Waals surface area contributed by atoms with Crippen molar-refractivity contribution in [2.45, 2.75) is 12.5 Å². The third-order valence-electron chi connectivity index (χ3n) is 3.73. The van der Waals surface area contributed by atoms with Crippen LogP contribution in [0.15, 0.2) is 71.2 Å². The van der Waals surface area contributed by atoms with Crippen molar-refractivity contribution in [1.29, 1.82) is 0 Å². The molecule has 4 rings (SSSR count). The van der Waals surface area contributed by atoms with E-state index in [1.165, 1.54) is 10.8 Å². The van der Waals surface area contributed by atoms with E-state index < -0.39 is 0 Å². The van der Waals surface area contributed by atoms with Gasteiger partial charge in [0.05, 0.1) is 5.69 Å². The van der Waals surface area contributed by atoms with Crippen LogP contribution in [-0.2, 0) is 0 Å². The summed E-state index contributed by atoms with van der Waals surface area (Å²) < 4.78 is 6.02. The third-order valence-corrected chi connectivity index (χ3v) is 3.73. The summed E-state index contributed by atoms with van der Waals surface area (Å²) in [4.78, 5) is 0. The zero-order valence-electron chi connectivity index (χ0n) is 11.0. The Morgan fingerprint density at radius 2 is 1.85 bits per heavy atom. The topological polar surface area (TPSA) is 25.2 Å². The Hall–Kier alpha value is -2.48. The molecule has 0 bridgehead atoms. The van der Waals surface area contributed by atoms with Crippen molar-refractivity contribution in [2.75, 3.05) is 5.32 Å². The van der Waals surface area contributed by atoms with Crippen molar-refractivity contribution in [3.05, 3.63) is 66.8 Å². The van der Waals surface area contributed by atoms with E-state index in [-0.39, 0.29) is 0 Å². The van der Waals surface area contributed by atoms with Gasteiger partial charge in [-0.25, -0.2) is 0 Å². The zero-order valence-corrected chi connectivity index (χ0v) is 11.0. The van der Waals surface area contributed by atoms with Crippen LogP contribution in [0.5, 0.6) is 0 Å². The van der Waals surface area contributed by atoms with Crippen LogP contribution in [-0.4, -0.2) is 6.04 Å². The average Bonchev–Trinajstić information content (AvgIpc) is 2.88. The second kappa shape index (κ2) is 4.57. The van der Waals surface area contributed by atoms with Gasteiger partial charge in [0.25, 0.3) is 0 Å². The number of hydrogen-bond donors (Lipinski definition) is 1. The van der Waals surface area contributed by atoms with Crippen molar-refractivity contribution in [3.8, 4) is 0 Å². The molecule has 1 aromatic heterocycles. The summed E-state index contributed by atoms with van der Waals surface area (Å²) in [6.07, 6.45) is 9.53. The van der Waals surface area contributed by atoms with Gasteiger partial charge in [-0.1, -0.05) is 54.6 Å². The molecule has 1 aliphatic rings. The fraction of sp³-hybridized carbons (Fsp3) is 0.111. The molecular formula is C18H15NO. The van der Waals surface area contributed by atoms with Crippen LogP contribution in [0.25, 0.3) is 21.9 Å². The maximum absolute atomic E-state index is 6.02. The first-order valence-corrected chi connectivity index (χ1v) is 6.92. The molecule has 1 atom stereocenters. The quantitative estimate of drug-likeness (QED) is 0.711. The highest BCUT2D eigenvalue weighted by molar-refractivity contribution is 6.08. The molecule has 1 heterocycles. The molecule has 20 heavy (non-hydrogen) atoms. The molecule has 98 valence electrons. The zero-order chi connectivity index (χ0) is 13.4. The molecule has 0 aliphatic heterocycles. The van der Waals surface area contributed by atoms with Gasteiger partial charge in [-0.15, -0.1) is 0 Å². The molecular weight excluding hydrogens is 246 g/mol. The molecule has 0 fully saturated rings. The first kappa shape index (κ1) is 11.4. The Bertz CT molecular complexity index is 826. The molecule has 2 nitrogen and oxygen atoms in total. The van der Waals surface area contributed by atoms with Crippen molar-refractivity contribution < 1.29 is 4.42 Å². The van der Waals surface area contributed by atoms with Gasteiger partial charge in [0.2, 0.25) is 0 Å². The van der Waals surface area contributed by atoms with Crippen molar-refractivity contribution in [2.24, 2.45) is 0 Å². The molecule has 0 saturated carbocycles. The lowest BCUT2D eigenvalue weighted by molar-refractivity contribution is 0.668. The predicted molar refractivity (Wildman–Crippen MR) is 84.0 cm³/mol. The number of fused-ring (bicyclic) bond motifs is 3. The second-order valence-electron chi connectivity index (χ2n) is 5.08. The lowest BCUT2D eigenvalue weighted by Crippen LogP contribution is -2.16. The van der Waals surface area contributed by atoms with Gasteiger partial charge in [0.1, 0.15) is 5.58 Å². The molecule has 3 aromatic rings. The van der Waals surface area contributed by atoms with Crippen molar-refractivity contribution in [1.82, 2.24) is 0 Å². The van der Waals surface area contributed by atoms with Gasteiger partial charge in [-0.05, 0) is 18.6 Å². The van der Waals surface area contributed by atoms with E-state index in [2.05, 4.69) is 53.9 Å². The van der Waals surface area contributed by atoms with Crippen LogP contribution in [0.1, 0.15) is 6.42 Å². The van der Waals surface area contributed by atoms with Crippen LogP contribution in [0, 0.1) is 0 Å². The predicted octanol–water partition coefficient (Wildman–Crippen LogP) is 4.88. The Morgan fingerprint density at radius 1 is 0.950 bits per heavy atom. The monoisotopic (exact) mass is 261 g/mol. The number of furan rings is 1. The summed E-state index contributed by atoms with van der Waals surface area (Å²) >= 11 is 0. The summed E-state index contributed by atoms with van der Waals surface area (Å²) in [7, 11) is 0. The molecule has 1 unspecified atom stereocenters. The van der Waals surface area contributed by atoms with Gasteiger partial charge in [-0.2, -0.15) is 0 Å². The Labute approximate surface area is 117 Å². The fourth-order valence-electron chi connectivity index (χ4n) is 2.75. The minimum atomic E-state index is 0.332. The van der Waals surface area contributed by atoms with Gasteiger partial charge in [0.15, 0.2) is 5.58 Å². The molecule has 0 radical (unpaired) electrons. The van der Waals surface area contributed by atoms with Crippen LogP contribution < -0.4 is 5.32 Å². The highest BCUT2D eigenvalue weighted by atomic mass is 16.3. The molecule has 1 aliphatic carbocycles. The number of hydrogen-bond acceptors (Lipinski definition) is 2. The average molecular weight is 261 g/mol. The van der Waals surface area contributed by atoms with E-state index in [1.807, 2.05) is 18.2 Å². The molecule has 1 N–H and O–H groups in total. The summed E-state index contributed by atoms with van der Waals surface area (Å²) in [5.74, 6) is 0. The van der Waals surface area contributed by atoms with E-state index in [4.69, 9.17) is 4.42 Å². The third kappa shape index (κ3) is 1.81. The molecule has 2 heteroatoms. The van der Waals surface area contributed by atoms with Gasteiger partial charge in [-0.3, -0.25) is 0 Å². The van der Waals surface area contributed by atoms with E-state index in [0.717, 1.165) is 23.3 Å². The SMILES string of the molecule is C1=CCC(Nc2cccc3c2oc2ccccc23)C=C1. The highest BCUT2D eigenvalue weighted by Gasteiger charge is 2.12. The lowest BCUT2D eigenvalue weighted by atomic mass is 10.1. The summed E-state index contributed by atoms with van der Waals surface area (Å²) in [5.41, 5.74) is 2.94. The molecule has 0 spiro atoms. The smallest absolute Gasteiger partial charge is 0.158 e. The second-order valence-corrected chi connectivity index (χ2v) is 5.08. The Kier molecular flexibility index (Phi) is 2.59. The first-order chi connectivity index (χ1) is 9.92. The van der Waals surface area contributed by atoms with Gasteiger partial charge >= 0.3 is 0 Å². The number of allylic oxidation sites excluding steroid dienone is 2. The minimum Gasteiger partial charge on any atom is -0.454 e. The maximum Gasteiger partial charge on any atom is 0.158 e. The standard InChI is InChI=1S/C18H15NO/c1-2-7-13(8-3-1)19-16-11-6-10-15-14-9-4-5-12-17(14)20-18(15)16/h1-7,9-13,19H,8H2. The fourth-order valence-corrected chi connectivity index (χ4v) is 2.75. The Morgan fingerprint density at radius 3 is 2.75 bits per heavy atom. The molecule has 2 aromatic carbocycles. The number of anilines is 1. The van der Waals surface area contributed by atoms with Gasteiger partial charge in [0, 0.05) is 16.8 Å². The van der Waals surface area contributed by atoms with Crippen molar-refractivity contribution >= 4 is 27.6 Å². The largest absolute Gasteiger partial charge is 0.454 e. The normalized spacial score (nSPS) is 17.9. The number of nitrogens with one attached hydrogen (secondary N) is 1. The van der Waals surface area contributed by atoms with E-state index in [9.17, 15) is 0 Å². The summed E-state index contributed by atoms with van der Waals surface area (Å²) in [6.45, 7) is 0. The summed E-state index contributed by atoms with van der Waals surface area (Å²) in [6, 6.07) is 14.8. The van der Waals surface area contributed by atoms with Crippen LogP contribution in [0.2, 0.25) is 0 Å². The van der Waals surface area contributed by atoms with E-state index >= 15 is 0 Å².